The van der Waals surface area contributed by atoms with Crippen LogP contribution in [0.2, 0.25) is 0 Å². The number of amides is 1. The Morgan fingerprint density at radius 1 is 0.774 bits per heavy atom. The molecular formula is C43H39N3O6S. The van der Waals surface area contributed by atoms with Crippen LogP contribution in [0, 0.1) is 6.92 Å². The Morgan fingerprint density at radius 3 is 2.21 bits per heavy atom. The molecule has 0 unspecified atom stereocenters. The zero-order valence-electron chi connectivity index (χ0n) is 29.4. The minimum Gasteiger partial charge on any atom is -0.478 e. The zero-order chi connectivity index (χ0) is 37.5. The first-order chi connectivity index (χ1) is 25.6. The molecule has 0 bridgehead atoms. The molecule has 0 spiro atoms. The fourth-order valence-electron chi connectivity index (χ4n) is 6.41. The Labute approximate surface area is 311 Å². The molecule has 0 aliphatic rings. The predicted molar refractivity (Wildman–Crippen MR) is 208 cm³/mol. The van der Waals surface area contributed by atoms with Gasteiger partial charge < -0.3 is 20.1 Å². The lowest BCUT2D eigenvalue weighted by atomic mass is 9.98. The zero-order valence-corrected chi connectivity index (χ0v) is 30.2. The second kappa shape index (κ2) is 16.6. The molecule has 1 amide bonds. The molecule has 5 aromatic carbocycles. The highest BCUT2D eigenvalue weighted by molar-refractivity contribution is 8.14. The first kappa shape index (κ1) is 36.8. The minimum atomic E-state index is -1.11. The summed E-state index contributed by atoms with van der Waals surface area (Å²) < 4.78 is 2.14. The number of aryl methyl sites for hydroxylation is 2. The predicted octanol–water partition coefficient (Wildman–Crippen LogP) is 8.32. The number of benzene rings is 5. The molecule has 6 rings (SSSR count). The van der Waals surface area contributed by atoms with Gasteiger partial charge in [-0.2, -0.15) is 0 Å². The summed E-state index contributed by atoms with van der Waals surface area (Å²) in [6.07, 6.45) is 2.13. The lowest BCUT2D eigenvalue weighted by molar-refractivity contribution is 0.0686. The van der Waals surface area contributed by atoms with Crippen molar-refractivity contribution in [2.75, 3.05) is 5.75 Å². The smallest absolute Gasteiger partial charge is 0.336 e. The Hall–Kier alpha value is -6.00. The second-order valence-electron chi connectivity index (χ2n) is 12.9. The summed E-state index contributed by atoms with van der Waals surface area (Å²) in [6, 6.07) is 33.8. The van der Waals surface area contributed by atoms with E-state index in [4.69, 9.17) is 4.98 Å². The van der Waals surface area contributed by atoms with Crippen molar-refractivity contribution in [2.24, 2.45) is 0 Å². The van der Waals surface area contributed by atoms with Crippen LogP contribution >= 0.6 is 11.8 Å². The average Bonchev–Trinajstić information content (AvgIpc) is 3.51. The van der Waals surface area contributed by atoms with Gasteiger partial charge in [0.2, 0.25) is 5.12 Å². The third-order valence-corrected chi connectivity index (χ3v) is 10.1. The number of aromatic nitrogens is 2. The largest absolute Gasteiger partial charge is 0.478 e. The van der Waals surface area contributed by atoms with Gasteiger partial charge in [0.25, 0.3) is 5.91 Å². The highest BCUT2D eigenvalue weighted by Crippen LogP contribution is 2.27. The van der Waals surface area contributed by atoms with E-state index in [9.17, 15) is 29.4 Å². The van der Waals surface area contributed by atoms with Crippen LogP contribution in [-0.2, 0) is 19.4 Å². The molecule has 0 radical (unpaired) electrons. The molecule has 0 saturated carbocycles. The van der Waals surface area contributed by atoms with E-state index < -0.39 is 18.0 Å². The summed E-state index contributed by atoms with van der Waals surface area (Å²) in [5.41, 5.74) is 7.04. The van der Waals surface area contributed by atoms with Crippen molar-refractivity contribution in [3.63, 3.8) is 0 Å². The topological polar surface area (TPSA) is 139 Å². The Balaban J connectivity index is 1.26. The average molecular weight is 726 g/mol. The number of aromatic carboxylic acids is 2. The van der Waals surface area contributed by atoms with Gasteiger partial charge in [-0.05, 0) is 77.9 Å². The fraction of sp³-hybridized carbons (Fsp3) is 0.186. The Bertz CT molecular complexity index is 2300. The number of hydrogen-bond acceptors (Lipinski definition) is 6. The van der Waals surface area contributed by atoms with Crippen molar-refractivity contribution in [1.82, 2.24) is 14.9 Å². The van der Waals surface area contributed by atoms with Crippen LogP contribution in [0.5, 0.6) is 0 Å². The van der Waals surface area contributed by atoms with E-state index in [2.05, 4.69) is 16.8 Å². The van der Waals surface area contributed by atoms with Crippen molar-refractivity contribution in [1.29, 1.82) is 0 Å². The summed E-state index contributed by atoms with van der Waals surface area (Å²) in [7, 11) is 0. The standard InChI is InChI=1S/C43H39N3O6S/c1-3-10-38-45-39-27(2)21-33(24-37(39)46(38)25-29-17-19-30(20-18-29)35-15-7-8-16-36(35)42(50)51)40(47)44-34(22-28-11-5-4-6-12-28)26-53-43(52)32-14-9-13-31(23-32)41(48)49/h4-9,11-21,23-24,34H,3,10,22,25-26H2,1-2H3,(H,44,47)(H,48,49)(H,50,51)/t34-/m1/s1. The molecule has 0 aliphatic carbocycles. The van der Waals surface area contributed by atoms with Gasteiger partial charge in [0.05, 0.1) is 22.2 Å². The van der Waals surface area contributed by atoms with Gasteiger partial charge in [0.1, 0.15) is 5.82 Å². The molecule has 0 fully saturated rings. The number of nitrogens with zero attached hydrogens (tertiary/aromatic N) is 2. The highest BCUT2D eigenvalue weighted by atomic mass is 32.2. The first-order valence-corrected chi connectivity index (χ1v) is 18.4. The SMILES string of the molecule is CCCc1nc2c(C)cc(C(=O)N[C@@H](CSC(=O)c3cccc(C(=O)O)c3)Cc3ccccc3)cc2n1Cc1ccc(-c2ccccc2C(=O)O)cc1. The second-order valence-corrected chi connectivity index (χ2v) is 13.9. The molecule has 53 heavy (non-hydrogen) atoms. The van der Waals surface area contributed by atoms with Crippen LogP contribution < -0.4 is 5.32 Å². The van der Waals surface area contributed by atoms with E-state index in [1.165, 1.54) is 12.1 Å². The van der Waals surface area contributed by atoms with Gasteiger partial charge in [-0.25, -0.2) is 14.6 Å². The summed E-state index contributed by atoms with van der Waals surface area (Å²) in [6.45, 7) is 4.56. The van der Waals surface area contributed by atoms with E-state index in [-0.39, 0.29) is 33.5 Å². The van der Waals surface area contributed by atoms with Gasteiger partial charge in [0.15, 0.2) is 0 Å². The molecular weight excluding hydrogens is 687 g/mol. The number of rotatable bonds is 14. The third-order valence-electron chi connectivity index (χ3n) is 9.04. The van der Waals surface area contributed by atoms with Crippen LogP contribution in [-0.4, -0.2) is 54.5 Å². The van der Waals surface area contributed by atoms with Crippen LogP contribution in [0.3, 0.4) is 0 Å². The normalized spacial score (nSPS) is 11.7. The highest BCUT2D eigenvalue weighted by Gasteiger charge is 2.21. The number of carbonyl (C=O) groups is 4. The number of carbonyl (C=O) groups excluding carboxylic acids is 2. The number of hydrogen-bond donors (Lipinski definition) is 3. The molecule has 1 heterocycles. The van der Waals surface area contributed by atoms with Crippen molar-refractivity contribution < 1.29 is 29.4 Å². The van der Waals surface area contributed by atoms with Crippen LogP contribution in [0.4, 0.5) is 0 Å². The number of carboxylic acids is 2. The molecule has 1 atom stereocenters. The van der Waals surface area contributed by atoms with Crippen molar-refractivity contribution in [3.8, 4) is 11.1 Å². The summed E-state index contributed by atoms with van der Waals surface area (Å²) in [4.78, 5) is 55.4. The molecule has 3 N–H and O–H groups in total. The fourth-order valence-corrected chi connectivity index (χ4v) is 7.26. The van der Waals surface area contributed by atoms with Crippen LogP contribution in [0.25, 0.3) is 22.2 Å². The molecule has 9 nitrogen and oxygen atoms in total. The first-order valence-electron chi connectivity index (χ1n) is 17.4. The monoisotopic (exact) mass is 725 g/mol. The lowest BCUT2D eigenvalue weighted by Gasteiger charge is -2.19. The summed E-state index contributed by atoms with van der Waals surface area (Å²) in [5.74, 6) is -1.17. The van der Waals surface area contributed by atoms with E-state index >= 15 is 0 Å². The van der Waals surface area contributed by atoms with Gasteiger partial charge in [-0.15, -0.1) is 0 Å². The van der Waals surface area contributed by atoms with Crippen molar-refractivity contribution in [2.45, 2.75) is 45.7 Å². The maximum Gasteiger partial charge on any atom is 0.336 e. The maximum absolute atomic E-state index is 14.0. The van der Waals surface area contributed by atoms with Gasteiger partial charge in [-0.3, -0.25) is 9.59 Å². The van der Waals surface area contributed by atoms with Gasteiger partial charge in [-0.1, -0.05) is 104 Å². The van der Waals surface area contributed by atoms with Crippen molar-refractivity contribution >= 4 is 45.8 Å². The number of nitrogens with one attached hydrogen (secondary N) is 1. The quantitative estimate of drug-likeness (QED) is 0.102. The molecule has 10 heteroatoms. The molecule has 1 aromatic heterocycles. The van der Waals surface area contributed by atoms with E-state index in [0.29, 0.717) is 24.1 Å². The Morgan fingerprint density at radius 2 is 1.49 bits per heavy atom. The van der Waals surface area contributed by atoms with Crippen LogP contribution in [0.15, 0.2) is 115 Å². The van der Waals surface area contributed by atoms with Gasteiger partial charge in [0, 0.05) is 35.9 Å². The summed E-state index contributed by atoms with van der Waals surface area (Å²) in [5, 5.41) is 21.9. The van der Waals surface area contributed by atoms with E-state index in [1.807, 2.05) is 79.7 Å². The third kappa shape index (κ3) is 8.73. The van der Waals surface area contributed by atoms with E-state index in [1.54, 1.807) is 30.3 Å². The van der Waals surface area contributed by atoms with E-state index in [0.717, 1.165) is 63.7 Å². The lowest BCUT2D eigenvalue weighted by Crippen LogP contribution is -2.38. The molecule has 0 saturated heterocycles. The molecule has 268 valence electrons. The molecule has 0 aliphatic heterocycles. The number of fused-ring (bicyclic) bond motifs is 1. The number of carboxylic acid groups (broad SMARTS) is 2. The number of thioether (sulfide) groups is 1. The summed E-state index contributed by atoms with van der Waals surface area (Å²) >= 11 is 1.04. The number of imidazole rings is 1. The Kier molecular flexibility index (Phi) is 11.5. The van der Waals surface area contributed by atoms with Crippen molar-refractivity contribution in [3.05, 3.63) is 160 Å². The van der Waals surface area contributed by atoms with Gasteiger partial charge >= 0.3 is 11.9 Å². The molecule has 6 aromatic rings. The maximum atomic E-state index is 14.0. The minimum absolute atomic E-state index is 0.0382. The van der Waals surface area contributed by atoms with Crippen LogP contribution in [0.1, 0.15) is 77.3 Å².